The molecule has 23 heteroatoms. The van der Waals surface area contributed by atoms with Gasteiger partial charge in [-0.25, -0.2) is 22.4 Å². The molecule has 0 aliphatic heterocycles. The van der Waals surface area contributed by atoms with Gasteiger partial charge in [0.2, 0.25) is 11.8 Å². The molecule has 574 valence electrons. The fourth-order valence-corrected chi connectivity index (χ4v) is 16.9. The molecule has 0 fully saturated rings. The molecule has 0 radical (unpaired) electrons. The number of hydrogen-bond acceptors (Lipinski definition) is 9. The molecular formula is C81H111Br2F4N4O10PPdZn. The molecule has 14 nitrogen and oxygen atoms in total. The Kier molecular flexibility index (Phi) is 44.2. The van der Waals surface area contributed by atoms with Gasteiger partial charge in [0.25, 0.3) is 11.9 Å². The standard InChI is InChI=1S/C27H33BrF2N2O4.C26H34F2N2O2.C20H27P.C4H9.2C2H4O2.BrH.Pd.Zn/c1-16(33)31-23(12-17-10-20(29)14-21(30)11-17)25(34)15-32(26(35)36-27(2,3)4)24-7-5-6-18-8-9-19(28)13-22(18)24;1-16(2)9-18-7-8-20-5-4-6-24(23(20)12-18)29-15-26(32)25(30-17(3)31)13-19-10-21(27)14-22(28)11-19;1-19(2,3)21(20(4,5)6)18-15-11-10-14-17(18)16-12-8-7-9-13-16;1-4(2)3;2*1-2(3)4;;;/h8-11,13-14,23-25,34H,5-7,12,15H2,1-4H3,(H,31,33);7-8,10-12,14,16,24-26,29,32H,4-6,9,13,15H2,1-3H3,(H,30,31);7-15H,1-6H3;4H,1H2,2-3H3;2*1H3,(H,3,4);1H;;/q;;;-1;;;;;+2/p-1/t23-,24-,25+;24-,25-,26+;;;;;;;/m00......./s1. The number of aliphatic hydroxyl groups excluding tert-OH is 2. The zero-order chi connectivity index (χ0) is 78.3. The predicted molar refractivity (Wildman–Crippen MR) is 412 cm³/mol. The van der Waals surface area contributed by atoms with Gasteiger partial charge < -0.3 is 48.0 Å². The fourth-order valence-electron chi connectivity index (χ4n) is 12.4. The molecule has 7 N–H and O–H groups in total. The quantitative estimate of drug-likeness (QED) is 0.0186. The number of aliphatic hydroxyl groups is 2. The van der Waals surface area contributed by atoms with Crippen LogP contribution in [-0.4, -0.2) is 108 Å². The van der Waals surface area contributed by atoms with Crippen molar-refractivity contribution in [3.8, 4) is 11.1 Å². The van der Waals surface area contributed by atoms with E-state index in [4.69, 9.17) is 24.5 Å². The summed E-state index contributed by atoms with van der Waals surface area (Å²) in [4.78, 5) is 56.5. The van der Waals surface area contributed by atoms with Crippen molar-refractivity contribution in [2.24, 2.45) is 11.8 Å². The van der Waals surface area contributed by atoms with E-state index in [2.05, 4.69) is 194 Å². The number of ether oxygens (including phenoxy) is 1. The first kappa shape index (κ1) is 96.8. The summed E-state index contributed by atoms with van der Waals surface area (Å²) in [5.41, 5.74) is 8.66. The van der Waals surface area contributed by atoms with Crippen LogP contribution in [-0.2, 0) is 92.8 Å². The number of carboxylic acid groups (broad SMARTS) is 2. The zero-order valence-electron chi connectivity index (χ0n) is 63.7. The Morgan fingerprint density at radius 1 is 0.606 bits per heavy atom. The minimum atomic E-state index is -1.23. The van der Waals surface area contributed by atoms with Crippen molar-refractivity contribution in [1.29, 1.82) is 0 Å². The number of hydrogen-bond donors (Lipinski definition) is 7. The molecule has 0 saturated heterocycles. The average Bonchev–Trinajstić information content (AvgIpc) is 0.785. The molecule has 6 atom stereocenters. The second-order valence-electron chi connectivity index (χ2n) is 29.6. The summed E-state index contributed by atoms with van der Waals surface area (Å²) in [7, 11) is -0.282. The molecule has 0 saturated carbocycles. The van der Waals surface area contributed by atoms with Gasteiger partial charge in [-0.3, -0.25) is 24.1 Å². The summed E-state index contributed by atoms with van der Waals surface area (Å²) in [6, 6.07) is 37.0. The number of amides is 3. The Hall–Kier alpha value is -5.25. The molecule has 0 aromatic heterocycles. The summed E-state index contributed by atoms with van der Waals surface area (Å²) in [5, 5.41) is 47.9. The van der Waals surface area contributed by atoms with Crippen molar-refractivity contribution in [2.75, 3.05) is 13.1 Å². The first-order valence-corrected chi connectivity index (χ1v) is 43.9. The van der Waals surface area contributed by atoms with Gasteiger partial charge in [-0.2, -0.15) is 5.92 Å². The van der Waals surface area contributed by atoms with Gasteiger partial charge in [-0.1, -0.05) is 172 Å². The Labute approximate surface area is 656 Å². The van der Waals surface area contributed by atoms with Crippen LogP contribution in [0.3, 0.4) is 0 Å². The number of nitrogens with one attached hydrogen (secondary N) is 3. The molecule has 0 unspecified atom stereocenters. The third-order valence-corrected chi connectivity index (χ3v) is 19.6. The van der Waals surface area contributed by atoms with Crippen molar-refractivity contribution >= 4 is 72.6 Å². The van der Waals surface area contributed by atoms with E-state index in [0.29, 0.717) is 34.1 Å². The van der Waals surface area contributed by atoms with Gasteiger partial charge in [-0.05, 0) is 187 Å². The number of nitrogens with zero attached hydrogens (tertiary/aromatic N) is 1. The van der Waals surface area contributed by atoms with Crippen molar-refractivity contribution in [3.05, 3.63) is 201 Å². The summed E-state index contributed by atoms with van der Waals surface area (Å²) < 4.78 is 61.3. The molecular weight excluding hydrogens is 1630 g/mol. The molecule has 0 heterocycles. The summed E-state index contributed by atoms with van der Waals surface area (Å²) in [6.45, 7) is 36.7. The molecule has 2 aliphatic rings. The molecule has 8 rings (SSSR count). The Morgan fingerprint density at radius 2 is 1.04 bits per heavy atom. The van der Waals surface area contributed by atoms with Crippen LogP contribution in [0.15, 0.2) is 132 Å². The number of benzene rings is 6. The molecule has 104 heavy (non-hydrogen) atoms. The van der Waals surface area contributed by atoms with E-state index in [0.717, 1.165) is 92.2 Å². The van der Waals surface area contributed by atoms with E-state index in [-0.39, 0.29) is 77.8 Å². The first-order chi connectivity index (χ1) is 47.9. The predicted octanol–water partition coefficient (Wildman–Crippen LogP) is 18.2. The number of aliphatic carboxylic acids is 2. The monoisotopic (exact) mass is 1730 g/mol. The van der Waals surface area contributed by atoms with E-state index < -0.39 is 77.1 Å². The van der Waals surface area contributed by atoms with Crippen LogP contribution in [0.2, 0.25) is 0 Å². The van der Waals surface area contributed by atoms with Crippen LogP contribution < -0.4 is 21.3 Å². The van der Waals surface area contributed by atoms with E-state index in [1.165, 1.54) is 80.3 Å². The number of carboxylic acids is 2. The van der Waals surface area contributed by atoms with Crippen LogP contribution in [0, 0.1) is 42.0 Å². The first-order valence-electron chi connectivity index (χ1n) is 34.8. The Morgan fingerprint density at radius 3 is 1.49 bits per heavy atom. The molecule has 0 bridgehead atoms. The Bertz CT molecular complexity index is 3540. The summed E-state index contributed by atoms with van der Waals surface area (Å²) in [6.07, 6.45) is 3.92. The van der Waals surface area contributed by atoms with Gasteiger partial charge in [0.15, 0.2) is 0 Å². The summed E-state index contributed by atoms with van der Waals surface area (Å²) >= 11 is 7.76. The number of aryl methyl sites for hydroxylation is 2. The van der Waals surface area contributed by atoms with Crippen LogP contribution >= 0.6 is 37.5 Å². The molecule has 3 amide bonds. The van der Waals surface area contributed by atoms with Crippen molar-refractivity contribution in [2.45, 2.75) is 228 Å². The molecule has 0 spiro atoms. The number of rotatable bonds is 18. The third-order valence-electron chi connectivity index (χ3n) is 15.6. The average molecular weight is 1740 g/mol. The SMILES string of the molecule is CC(=O)N[C@@H](Cc1cc(F)cc(F)c1)[C@H](O)CN(C(=O)OC(C)(C)C)[C@H]1CCCc2ccc(Br)cc21.CC(=O)N[C@@H](Cc1cc(F)cc(F)c1)[C@H](O)CN[C@H]1CCCc2ccc(CC(C)C)cc21.CC(=O)O.CC(=O)O.CC(C)(C)P(c1ccccc1-c1ccccc1)C(C)(C)C.[CH2-]C(C)C.[Pd].[Zn+][Br]. The fraction of sp³-hybridized carbons (Fsp3) is 0.481. The maximum atomic E-state index is 13.8. The van der Waals surface area contributed by atoms with Crippen molar-refractivity contribution in [3.63, 3.8) is 0 Å². The van der Waals surface area contributed by atoms with Gasteiger partial charge in [-0.15, -0.1) is 0 Å². The third kappa shape index (κ3) is 37.5. The van der Waals surface area contributed by atoms with E-state index in [1.54, 1.807) is 20.8 Å². The zero-order valence-corrected chi connectivity index (χ0v) is 72.2. The topological polar surface area (TPSA) is 215 Å². The van der Waals surface area contributed by atoms with Gasteiger partial charge in [0.1, 0.15) is 28.9 Å². The van der Waals surface area contributed by atoms with Crippen LogP contribution in [0.1, 0.15) is 194 Å². The van der Waals surface area contributed by atoms with Gasteiger partial charge in [0.05, 0.1) is 36.9 Å². The Balaban J connectivity index is 0.000000726. The van der Waals surface area contributed by atoms with E-state index in [1.807, 2.05) is 18.2 Å². The maximum absolute atomic E-state index is 13.8. The van der Waals surface area contributed by atoms with Gasteiger partial charge >= 0.3 is 36.1 Å². The molecule has 2 aliphatic carbocycles. The van der Waals surface area contributed by atoms with Gasteiger partial charge in [0, 0.05) is 77.3 Å². The van der Waals surface area contributed by atoms with Crippen LogP contribution in [0.4, 0.5) is 22.4 Å². The number of carbonyl (C=O) groups excluding carboxylic acids is 3. The number of halogens is 6. The van der Waals surface area contributed by atoms with Crippen LogP contribution in [0.5, 0.6) is 0 Å². The minimum absolute atomic E-state index is 0. The van der Waals surface area contributed by atoms with Crippen molar-refractivity contribution in [1.82, 2.24) is 20.9 Å². The molecule has 6 aromatic carbocycles. The molecule has 6 aromatic rings. The van der Waals surface area contributed by atoms with Crippen LogP contribution in [0.25, 0.3) is 11.1 Å². The van der Waals surface area contributed by atoms with E-state index >= 15 is 0 Å². The summed E-state index contributed by atoms with van der Waals surface area (Å²) in [5.74, 6) is -4.06. The van der Waals surface area contributed by atoms with E-state index in [9.17, 15) is 42.2 Å². The number of fused-ring (bicyclic) bond motifs is 2. The van der Waals surface area contributed by atoms with Crippen molar-refractivity contribution < 1.29 is 103 Å². The number of carbonyl (C=O) groups is 5. The normalized spacial score (nSPS) is 14.8. The second-order valence-corrected chi connectivity index (χ2v) is 34.3. The second kappa shape index (κ2) is 47.5.